The molecule has 4 bridgehead atoms. The van der Waals surface area contributed by atoms with Crippen LogP contribution in [-0.4, -0.2) is 11.2 Å². The fraction of sp³-hybridized carbons (Fsp3) is 0.708. The first-order chi connectivity index (χ1) is 13.0. The highest BCUT2D eigenvalue weighted by Crippen LogP contribution is 2.61. The molecule has 1 aromatic rings. The molecule has 0 amide bonds. The molecule has 5 rings (SSSR count). The van der Waals surface area contributed by atoms with Crippen molar-refractivity contribution in [1.29, 1.82) is 0 Å². The quantitative estimate of drug-likeness (QED) is 0.549. The smallest absolute Gasteiger partial charge is 0.171 e. The van der Waals surface area contributed by atoms with Gasteiger partial charge in [-0.2, -0.15) is 0 Å². The van der Waals surface area contributed by atoms with Gasteiger partial charge < -0.3 is 10.6 Å². The highest BCUT2D eigenvalue weighted by Gasteiger charge is 2.54. The Balaban J connectivity index is 1.43. The molecule has 148 valence electrons. The summed E-state index contributed by atoms with van der Waals surface area (Å²) >= 11 is 5.74. The molecule has 1 unspecified atom stereocenters. The van der Waals surface area contributed by atoms with E-state index >= 15 is 0 Å². The first-order valence-electron chi connectivity index (χ1n) is 11.1. The molecule has 3 heteroatoms. The molecule has 2 N–H and O–H groups in total. The third kappa shape index (κ3) is 4.04. The first-order valence-corrected chi connectivity index (χ1v) is 11.6. The maximum atomic E-state index is 5.74. The summed E-state index contributed by atoms with van der Waals surface area (Å²) in [7, 11) is 0. The molecule has 4 saturated carbocycles. The van der Waals surface area contributed by atoms with Crippen molar-refractivity contribution in [2.24, 2.45) is 23.2 Å². The average Bonchev–Trinajstić information content (AvgIpc) is 2.60. The van der Waals surface area contributed by atoms with Crippen molar-refractivity contribution in [3.63, 3.8) is 0 Å². The van der Waals surface area contributed by atoms with Crippen LogP contribution in [0, 0.1) is 23.2 Å². The van der Waals surface area contributed by atoms with E-state index in [9.17, 15) is 0 Å². The summed E-state index contributed by atoms with van der Waals surface area (Å²) in [6, 6.07) is 9.26. The van der Waals surface area contributed by atoms with E-state index in [4.69, 9.17) is 12.2 Å². The molecule has 0 saturated heterocycles. The van der Waals surface area contributed by atoms with Crippen LogP contribution in [0.2, 0.25) is 0 Å². The van der Waals surface area contributed by atoms with Gasteiger partial charge in [0.15, 0.2) is 5.11 Å². The third-order valence-electron chi connectivity index (χ3n) is 7.54. The number of anilines is 1. The predicted molar refractivity (Wildman–Crippen MR) is 119 cm³/mol. The highest BCUT2D eigenvalue weighted by atomic mass is 32.1. The molecular formula is C24H36N2S. The van der Waals surface area contributed by atoms with Crippen molar-refractivity contribution in [2.45, 2.75) is 84.1 Å². The maximum Gasteiger partial charge on any atom is 0.171 e. The minimum absolute atomic E-state index is 0.498. The zero-order chi connectivity index (χ0) is 19.0. The van der Waals surface area contributed by atoms with Crippen LogP contribution < -0.4 is 10.6 Å². The fourth-order valence-electron chi connectivity index (χ4n) is 6.70. The maximum absolute atomic E-state index is 5.74. The van der Waals surface area contributed by atoms with E-state index in [2.05, 4.69) is 55.7 Å². The minimum atomic E-state index is 0.498. The molecular weight excluding hydrogens is 348 g/mol. The standard InChI is InChI=1S/C24H36N2S/c1-4-5-22(24-13-17-10-18(14-24)12-19(11-17)15-24)26-23(27)25-21-8-6-20(7-9-21)16(2)3/h6-9,16-19,22H,4-5,10-15H2,1-3H3,(H2,25,26,27). The van der Waals surface area contributed by atoms with E-state index < -0.39 is 0 Å². The number of nitrogens with one attached hydrogen (secondary N) is 2. The topological polar surface area (TPSA) is 24.1 Å². The fourth-order valence-corrected chi connectivity index (χ4v) is 6.96. The largest absolute Gasteiger partial charge is 0.359 e. The zero-order valence-corrected chi connectivity index (χ0v) is 18.1. The van der Waals surface area contributed by atoms with Gasteiger partial charge in [-0.1, -0.05) is 39.3 Å². The molecule has 0 heterocycles. The Hall–Kier alpha value is -1.09. The molecule has 1 atom stereocenters. The van der Waals surface area contributed by atoms with Gasteiger partial charge >= 0.3 is 0 Å². The Kier molecular flexibility index (Phi) is 5.51. The Labute approximate surface area is 170 Å². The van der Waals surface area contributed by atoms with Crippen LogP contribution in [0.3, 0.4) is 0 Å². The van der Waals surface area contributed by atoms with Gasteiger partial charge in [-0.3, -0.25) is 0 Å². The molecule has 0 aromatic heterocycles. The van der Waals surface area contributed by atoms with Gasteiger partial charge in [0.05, 0.1) is 0 Å². The Morgan fingerprint density at radius 1 is 1.04 bits per heavy atom. The lowest BCUT2D eigenvalue weighted by atomic mass is 9.47. The second-order valence-electron chi connectivity index (χ2n) is 10.00. The monoisotopic (exact) mass is 384 g/mol. The van der Waals surface area contributed by atoms with Crippen LogP contribution in [0.15, 0.2) is 24.3 Å². The van der Waals surface area contributed by atoms with Crippen LogP contribution in [0.5, 0.6) is 0 Å². The lowest BCUT2D eigenvalue weighted by Crippen LogP contribution is -2.57. The Morgan fingerprint density at radius 2 is 1.59 bits per heavy atom. The van der Waals surface area contributed by atoms with Gasteiger partial charge in [0, 0.05) is 11.7 Å². The first kappa shape index (κ1) is 19.2. The van der Waals surface area contributed by atoms with Gasteiger partial charge in [-0.25, -0.2) is 0 Å². The summed E-state index contributed by atoms with van der Waals surface area (Å²) in [5.41, 5.74) is 2.97. The number of thiocarbonyl (C=S) groups is 1. The van der Waals surface area contributed by atoms with Crippen LogP contribution in [-0.2, 0) is 0 Å². The predicted octanol–water partition coefficient (Wildman–Crippen LogP) is 6.48. The van der Waals surface area contributed by atoms with Crippen molar-refractivity contribution in [1.82, 2.24) is 5.32 Å². The third-order valence-corrected chi connectivity index (χ3v) is 7.76. The van der Waals surface area contributed by atoms with Crippen LogP contribution >= 0.6 is 12.2 Å². The van der Waals surface area contributed by atoms with Crippen molar-refractivity contribution in [3.05, 3.63) is 29.8 Å². The molecule has 1 aromatic carbocycles. The summed E-state index contributed by atoms with van der Waals surface area (Å²) in [6.45, 7) is 6.78. The van der Waals surface area contributed by atoms with Gasteiger partial charge in [0.1, 0.15) is 0 Å². The van der Waals surface area contributed by atoms with Crippen molar-refractivity contribution >= 4 is 23.0 Å². The molecule has 2 nitrogen and oxygen atoms in total. The van der Waals surface area contributed by atoms with Crippen LogP contribution in [0.25, 0.3) is 0 Å². The second-order valence-corrected chi connectivity index (χ2v) is 10.4. The Morgan fingerprint density at radius 3 is 2.07 bits per heavy atom. The van der Waals surface area contributed by atoms with Crippen molar-refractivity contribution in [2.75, 3.05) is 5.32 Å². The van der Waals surface area contributed by atoms with Crippen LogP contribution in [0.4, 0.5) is 5.69 Å². The lowest BCUT2D eigenvalue weighted by molar-refractivity contribution is -0.0718. The number of rotatable bonds is 6. The molecule has 4 fully saturated rings. The molecule has 27 heavy (non-hydrogen) atoms. The van der Waals surface area contributed by atoms with Crippen LogP contribution in [0.1, 0.15) is 83.6 Å². The SMILES string of the molecule is CCCC(NC(=S)Nc1ccc(C(C)C)cc1)C12CC3CC(CC(C3)C1)C2. The summed E-state index contributed by atoms with van der Waals surface area (Å²) in [5, 5.41) is 8.04. The number of hydrogen-bond acceptors (Lipinski definition) is 1. The minimum Gasteiger partial charge on any atom is -0.359 e. The highest BCUT2D eigenvalue weighted by molar-refractivity contribution is 7.80. The van der Waals surface area contributed by atoms with Gasteiger partial charge in [-0.05, 0) is 104 Å². The van der Waals surface area contributed by atoms with E-state index in [0.29, 0.717) is 17.4 Å². The normalized spacial score (nSPS) is 32.5. The van der Waals surface area contributed by atoms with Gasteiger partial charge in [-0.15, -0.1) is 0 Å². The van der Waals surface area contributed by atoms with Crippen molar-refractivity contribution < 1.29 is 0 Å². The molecule has 4 aliphatic carbocycles. The summed E-state index contributed by atoms with van der Waals surface area (Å²) in [6.07, 6.45) is 11.3. The van der Waals surface area contributed by atoms with E-state index in [1.807, 2.05) is 0 Å². The zero-order valence-electron chi connectivity index (χ0n) is 17.3. The number of hydrogen-bond donors (Lipinski definition) is 2. The molecule has 0 aliphatic heterocycles. The Bertz CT molecular complexity index is 628. The summed E-state index contributed by atoms with van der Waals surface area (Å²) < 4.78 is 0. The summed E-state index contributed by atoms with van der Waals surface area (Å²) in [5.74, 6) is 3.53. The number of benzene rings is 1. The van der Waals surface area contributed by atoms with E-state index in [0.717, 1.165) is 28.6 Å². The lowest BCUT2D eigenvalue weighted by Gasteiger charge is -2.59. The molecule has 4 aliphatic rings. The van der Waals surface area contributed by atoms with Gasteiger partial charge in [0.25, 0.3) is 0 Å². The van der Waals surface area contributed by atoms with Gasteiger partial charge in [0.2, 0.25) is 0 Å². The van der Waals surface area contributed by atoms with E-state index in [-0.39, 0.29) is 0 Å². The van der Waals surface area contributed by atoms with E-state index in [1.165, 1.54) is 56.9 Å². The van der Waals surface area contributed by atoms with E-state index in [1.54, 1.807) is 0 Å². The molecule has 0 radical (unpaired) electrons. The molecule has 0 spiro atoms. The average molecular weight is 385 g/mol. The van der Waals surface area contributed by atoms with Crippen molar-refractivity contribution in [3.8, 4) is 0 Å². The summed E-state index contributed by atoms with van der Waals surface area (Å²) in [4.78, 5) is 0. The second kappa shape index (κ2) is 7.73.